The van der Waals surface area contributed by atoms with Crippen LogP contribution in [0.1, 0.15) is 27.3 Å². The number of nitrogens with one attached hydrogen (secondary N) is 1. The van der Waals surface area contributed by atoms with Crippen molar-refractivity contribution >= 4 is 29.3 Å². The van der Waals surface area contributed by atoms with Crippen LogP contribution in [0.5, 0.6) is 5.75 Å². The Morgan fingerprint density at radius 2 is 2.03 bits per heavy atom. The summed E-state index contributed by atoms with van der Waals surface area (Å²) in [6, 6.07) is 12.1. The summed E-state index contributed by atoms with van der Waals surface area (Å²) in [6.07, 6.45) is 1.73. The van der Waals surface area contributed by atoms with E-state index in [2.05, 4.69) is 28.2 Å². The zero-order valence-electron chi connectivity index (χ0n) is 17.9. The molecule has 1 heterocycles. The number of thioether (sulfide) groups is 1. The Kier molecular flexibility index (Phi) is 7.67. The predicted molar refractivity (Wildman–Crippen MR) is 123 cm³/mol. The molecular weight excluding hydrogens is 428 g/mol. The van der Waals surface area contributed by atoms with Crippen molar-refractivity contribution in [3.05, 3.63) is 77.6 Å². The van der Waals surface area contributed by atoms with Gasteiger partial charge in [0.1, 0.15) is 12.4 Å². The SMILES string of the molecule is C=CCn1c(COc2ccc(C)cc2C)nnc1SCC(=O)Nc1cccc(C(=O)O)c1. The Bertz CT molecular complexity index is 1140. The normalized spacial score (nSPS) is 10.6. The molecule has 0 atom stereocenters. The lowest BCUT2D eigenvalue weighted by molar-refractivity contribution is -0.113. The topological polar surface area (TPSA) is 106 Å². The Hall–Kier alpha value is -3.59. The molecule has 2 N–H and O–H groups in total. The maximum absolute atomic E-state index is 12.3. The van der Waals surface area contributed by atoms with Crippen molar-refractivity contribution in [1.82, 2.24) is 14.8 Å². The summed E-state index contributed by atoms with van der Waals surface area (Å²) in [4.78, 5) is 23.4. The lowest BCUT2D eigenvalue weighted by Gasteiger charge is -2.11. The van der Waals surface area contributed by atoms with Gasteiger partial charge in [0.25, 0.3) is 0 Å². The molecule has 166 valence electrons. The number of aromatic nitrogens is 3. The molecule has 0 aliphatic carbocycles. The molecule has 0 saturated heterocycles. The first kappa shape index (κ1) is 23.1. The Morgan fingerprint density at radius 3 is 2.75 bits per heavy atom. The highest BCUT2D eigenvalue weighted by Crippen LogP contribution is 2.22. The molecule has 0 aliphatic heterocycles. The molecule has 32 heavy (non-hydrogen) atoms. The third kappa shape index (κ3) is 5.98. The van der Waals surface area contributed by atoms with Gasteiger partial charge in [-0.15, -0.1) is 16.8 Å². The first-order valence-electron chi connectivity index (χ1n) is 9.86. The molecule has 0 spiro atoms. The maximum Gasteiger partial charge on any atom is 0.335 e. The number of aryl methyl sites for hydroxylation is 2. The van der Waals surface area contributed by atoms with Crippen LogP contribution in [0.25, 0.3) is 0 Å². The van der Waals surface area contributed by atoms with Crippen LogP contribution in [-0.4, -0.2) is 37.5 Å². The molecule has 9 heteroatoms. The van der Waals surface area contributed by atoms with Crippen molar-refractivity contribution in [2.24, 2.45) is 0 Å². The molecule has 0 unspecified atom stereocenters. The zero-order chi connectivity index (χ0) is 23.1. The van der Waals surface area contributed by atoms with E-state index >= 15 is 0 Å². The number of carbonyl (C=O) groups is 2. The van der Waals surface area contributed by atoms with Crippen LogP contribution in [0.3, 0.4) is 0 Å². The molecular formula is C23H24N4O4S. The number of allylic oxidation sites excluding steroid dienone is 1. The highest BCUT2D eigenvalue weighted by atomic mass is 32.2. The number of hydrogen-bond acceptors (Lipinski definition) is 6. The number of carboxylic acids is 1. The molecule has 3 aromatic rings. The van der Waals surface area contributed by atoms with Crippen molar-refractivity contribution in [3.8, 4) is 5.75 Å². The molecule has 1 amide bonds. The lowest BCUT2D eigenvalue weighted by Crippen LogP contribution is -2.15. The second kappa shape index (κ2) is 10.6. The molecule has 0 bridgehead atoms. The number of amides is 1. The molecule has 8 nitrogen and oxygen atoms in total. The van der Waals surface area contributed by atoms with Gasteiger partial charge in [-0.2, -0.15) is 0 Å². The Labute approximate surface area is 190 Å². The van der Waals surface area contributed by atoms with Gasteiger partial charge in [0, 0.05) is 12.2 Å². The van der Waals surface area contributed by atoms with Crippen LogP contribution in [0, 0.1) is 13.8 Å². The van der Waals surface area contributed by atoms with Gasteiger partial charge in [0.2, 0.25) is 5.91 Å². The number of rotatable bonds is 10. The van der Waals surface area contributed by atoms with Crippen molar-refractivity contribution in [2.75, 3.05) is 11.1 Å². The van der Waals surface area contributed by atoms with Gasteiger partial charge in [-0.1, -0.05) is 41.6 Å². The first-order valence-corrected chi connectivity index (χ1v) is 10.8. The number of aromatic carboxylic acids is 1. The summed E-state index contributed by atoms with van der Waals surface area (Å²) in [5, 5.41) is 20.7. The summed E-state index contributed by atoms with van der Waals surface area (Å²) in [6.45, 7) is 8.51. The summed E-state index contributed by atoms with van der Waals surface area (Å²) in [5.74, 6) is 0.162. The van der Waals surface area contributed by atoms with E-state index in [1.165, 1.54) is 23.9 Å². The van der Waals surface area contributed by atoms with E-state index in [4.69, 9.17) is 9.84 Å². The first-order chi connectivity index (χ1) is 15.4. The maximum atomic E-state index is 12.3. The number of anilines is 1. The van der Waals surface area contributed by atoms with Crippen LogP contribution < -0.4 is 10.1 Å². The van der Waals surface area contributed by atoms with E-state index in [0.717, 1.165) is 16.9 Å². The van der Waals surface area contributed by atoms with Gasteiger partial charge in [0.05, 0.1) is 11.3 Å². The second-order valence-electron chi connectivity index (χ2n) is 7.08. The van der Waals surface area contributed by atoms with Gasteiger partial charge < -0.3 is 15.2 Å². The Morgan fingerprint density at radius 1 is 1.22 bits per heavy atom. The molecule has 0 aliphatic rings. The summed E-state index contributed by atoms with van der Waals surface area (Å²) < 4.78 is 7.77. The fraction of sp³-hybridized carbons (Fsp3) is 0.217. The van der Waals surface area contributed by atoms with Crippen molar-refractivity contribution in [1.29, 1.82) is 0 Å². The van der Waals surface area contributed by atoms with Crippen molar-refractivity contribution in [2.45, 2.75) is 32.2 Å². The molecule has 3 rings (SSSR count). The minimum absolute atomic E-state index is 0.0878. The minimum atomic E-state index is -1.05. The number of benzene rings is 2. The predicted octanol–water partition coefficient (Wildman–Crippen LogP) is 4.09. The fourth-order valence-electron chi connectivity index (χ4n) is 3.01. The second-order valence-corrected chi connectivity index (χ2v) is 8.02. The Balaban J connectivity index is 1.63. The highest BCUT2D eigenvalue weighted by molar-refractivity contribution is 7.99. The standard InChI is InChI=1S/C23H24N4O4S/c1-4-10-27-20(13-31-19-9-8-15(2)11-16(19)3)25-26-23(27)32-14-21(28)24-18-7-5-6-17(12-18)22(29)30/h4-9,11-12H,1,10,13-14H2,2-3H3,(H,24,28)(H,29,30). The van der Waals surface area contributed by atoms with Gasteiger partial charge in [-0.3, -0.25) is 9.36 Å². The van der Waals surface area contributed by atoms with E-state index in [9.17, 15) is 9.59 Å². The van der Waals surface area contributed by atoms with Gasteiger partial charge in [0.15, 0.2) is 11.0 Å². The average molecular weight is 453 g/mol. The molecule has 2 aromatic carbocycles. The molecule has 0 fully saturated rings. The average Bonchev–Trinajstić information content (AvgIpc) is 3.13. The van der Waals surface area contributed by atoms with E-state index in [1.54, 1.807) is 18.2 Å². The number of hydrogen-bond donors (Lipinski definition) is 2. The summed E-state index contributed by atoms with van der Waals surface area (Å²) >= 11 is 1.23. The van der Waals surface area contributed by atoms with Gasteiger partial charge in [-0.05, 0) is 43.7 Å². The number of ether oxygens (including phenoxy) is 1. The van der Waals surface area contributed by atoms with E-state index in [-0.39, 0.29) is 23.8 Å². The highest BCUT2D eigenvalue weighted by Gasteiger charge is 2.15. The van der Waals surface area contributed by atoms with E-state index < -0.39 is 5.97 Å². The van der Waals surface area contributed by atoms with Crippen molar-refractivity contribution in [3.63, 3.8) is 0 Å². The monoisotopic (exact) mass is 452 g/mol. The summed E-state index contributed by atoms with van der Waals surface area (Å²) in [5.41, 5.74) is 2.73. The van der Waals surface area contributed by atoms with Crippen LogP contribution in [0.2, 0.25) is 0 Å². The number of nitrogens with zero attached hydrogens (tertiary/aromatic N) is 3. The summed E-state index contributed by atoms with van der Waals surface area (Å²) in [7, 11) is 0. The zero-order valence-corrected chi connectivity index (χ0v) is 18.7. The van der Waals surface area contributed by atoms with E-state index in [1.807, 2.05) is 30.5 Å². The molecule has 0 saturated carbocycles. The van der Waals surface area contributed by atoms with Crippen molar-refractivity contribution < 1.29 is 19.4 Å². The fourth-order valence-corrected chi connectivity index (χ4v) is 3.77. The quantitative estimate of drug-likeness (QED) is 0.352. The molecule has 0 radical (unpaired) electrons. The van der Waals surface area contributed by atoms with Crippen LogP contribution in [0.4, 0.5) is 5.69 Å². The van der Waals surface area contributed by atoms with Crippen LogP contribution in [-0.2, 0) is 17.9 Å². The third-order valence-electron chi connectivity index (χ3n) is 4.52. The smallest absolute Gasteiger partial charge is 0.335 e. The van der Waals surface area contributed by atoms with Gasteiger partial charge >= 0.3 is 5.97 Å². The van der Waals surface area contributed by atoms with Crippen LogP contribution in [0.15, 0.2) is 60.3 Å². The van der Waals surface area contributed by atoms with Gasteiger partial charge in [-0.25, -0.2) is 4.79 Å². The number of carbonyl (C=O) groups excluding carboxylic acids is 1. The van der Waals surface area contributed by atoms with Crippen LogP contribution >= 0.6 is 11.8 Å². The third-order valence-corrected chi connectivity index (χ3v) is 5.48. The lowest BCUT2D eigenvalue weighted by atomic mass is 10.1. The number of carboxylic acid groups (broad SMARTS) is 1. The van der Waals surface area contributed by atoms with E-state index in [0.29, 0.717) is 23.2 Å². The molecule has 1 aromatic heterocycles. The minimum Gasteiger partial charge on any atom is -0.485 e. The largest absolute Gasteiger partial charge is 0.485 e.